The van der Waals surface area contributed by atoms with Crippen molar-refractivity contribution in [1.29, 1.82) is 0 Å². The minimum Gasteiger partial charge on any atom is -0.351 e. The van der Waals surface area contributed by atoms with E-state index in [1.54, 1.807) is 17.1 Å². The van der Waals surface area contributed by atoms with Gasteiger partial charge in [-0.1, -0.05) is 26.2 Å². The molecule has 1 N–H and O–H groups in total. The molecular weight excluding hydrogens is 288 g/mol. The molecule has 0 amide bonds. The fourth-order valence-electron chi connectivity index (χ4n) is 2.77. The van der Waals surface area contributed by atoms with Crippen molar-refractivity contribution >= 4 is 17.5 Å². The normalized spacial score (nSPS) is 22.8. The second kappa shape index (κ2) is 6.39. The average molecular weight is 307 g/mol. The Labute approximate surface area is 129 Å². The molecule has 0 aliphatic heterocycles. The lowest BCUT2D eigenvalue weighted by Crippen LogP contribution is -2.27. The molecule has 21 heavy (non-hydrogen) atoms. The molecule has 3 rings (SSSR count). The van der Waals surface area contributed by atoms with Gasteiger partial charge in [-0.3, -0.25) is 0 Å². The Morgan fingerprint density at radius 3 is 2.86 bits per heavy atom. The zero-order valence-electron chi connectivity index (χ0n) is 12.0. The molecule has 2 atom stereocenters. The van der Waals surface area contributed by atoms with Crippen molar-refractivity contribution in [3.8, 4) is 5.95 Å². The van der Waals surface area contributed by atoms with Crippen molar-refractivity contribution in [2.45, 2.75) is 45.1 Å². The summed E-state index contributed by atoms with van der Waals surface area (Å²) in [5, 5.41) is 7.73. The molecule has 0 bridgehead atoms. The molecule has 0 aromatic carbocycles. The Hall–Kier alpha value is -1.69. The molecule has 7 heteroatoms. The van der Waals surface area contributed by atoms with Crippen LogP contribution in [0, 0.1) is 5.92 Å². The van der Waals surface area contributed by atoms with E-state index in [0.29, 0.717) is 23.9 Å². The standard InChI is InChI=1S/C14H19ClN6/c1-10-6-3-2-4-7-11(10)17-13-18-12(15)19-14(20-13)21-9-5-8-16-21/h5,8-11H,2-4,6-7H2,1H3,(H,17,18,19,20). The first-order valence-electron chi connectivity index (χ1n) is 7.40. The zero-order chi connectivity index (χ0) is 14.7. The number of aromatic nitrogens is 5. The number of nitrogens with one attached hydrogen (secondary N) is 1. The van der Waals surface area contributed by atoms with E-state index in [1.165, 1.54) is 25.7 Å². The molecule has 1 aliphatic carbocycles. The Balaban J connectivity index is 1.81. The van der Waals surface area contributed by atoms with Gasteiger partial charge >= 0.3 is 0 Å². The molecule has 2 unspecified atom stereocenters. The predicted octanol–water partition coefficient (Wildman–Crippen LogP) is 3.09. The van der Waals surface area contributed by atoms with Crippen LogP contribution in [-0.4, -0.2) is 30.8 Å². The number of rotatable bonds is 3. The van der Waals surface area contributed by atoms with Gasteiger partial charge < -0.3 is 5.32 Å². The van der Waals surface area contributed by atoms with E-state index in [1.807, 2.05) is 6.07 Å². The van der Waals surface area contributed by atoms with E-state index >= 15 is 0 Å². The summed E-state index contributed by atoms with van der Waals surface area (Å²) in [5.41, 5.74) is 0. The van der Waals surface area contributed by atoms with Crippen LogP contribution in [0.25, 0.3) is 5.95 Å². The van der Waals surface area contributed by atoms with Gasteiger partial charge in [0, 0.05) is 18.4 Å². The summed E-state index contributed by atoms with van der Waals surface area (Å²) in [5.74, 6) is 1.57. The maximum atomic E-state index is 6.01. The summed E-state index contributed by atoms with van der Waals surface area (Å²) in [7, 11) is 0. The lowest BCUT2D eigenvalue weighted by Gasteiger charge is -2.22. The first-order valence-corrected chi connectivity index (χ1v) is 7.78. The highest BCUT2D eigenvalue weighted by molar-refractivity contribution is 6.28. The van der Waals surface area contributed by atoms with Gasteiger partial charge in [-0.15, -0.1) is 0 Å². The average Bonchev–Trinajstić information content (AvgIpc) is 2.92. The lowest BCUT2D eigenvalue weighted by atomic mass is 9.97. The van der Waals surface area contributed by atoms with Gasteiger partial charge in [0.25, 0.3) is 5.95 Å². The molecule has 1 fully saturated rings. The molecule has 0 saturated heterocycles. The highest BCUT2D eigenvalue weighted by atomic mass is 35.5. The van der Waals surface area contributed by atoms with Crippen LogP contribution in [0.5, 0.6) is 0 Å². The van der Waals surface area contributed by atoms with Crippen molar-refractivity contribution in [2.24, 2.45) is 5.92 Å². The third kappa shape index (κ3) is 3.50. The SMILES string of the molecule is CC1CCCCCC1Nc1nc(Cl)nc(-n2cccn2)n1. The van der Waals surface area contributed by atoms with Gasteiger partial charge in [0.15, 0.2) is 0 Å². The minimum atomic E-state index is 0.180. The molecule has 2 aromatic heterocycles. The van der Waals surface area contributed by atoms with E-state index in [-0.39, 0.29) is 5.28 Å². The molecule has 0 spiro atoms. The number of anilines is 1. The summed E-state index contributed by atoms with van der Waals surface area (Å²) in [6.07, 6.45) is 9.69. The van der Waals surface area contributed by atoms with Crippen molar-refractivity contribution in [3.05, 3.63) is 23.7 Å². The number of hydrogen-bond acceptors (Lipinski definition) is 5. The molecule has 2 aromatic rings. The van der Waals surface area contributed by atoms with Crippen LogP contribution in [0.2, 0.25) is 5.28 Å². The summed E-state index contributed by atoms with van der Waals surface area (Å²) < 4.78 is 1.58. The largest absolute Gasteiger partial charge is 0.351 e. The molecular formula is C14H19ClN6. The van der Waals surface area contributed by atoms with E-state index in [2.05, 4.69) is 32.3 Å². The van der Waals surface area contributed by atoms with Gasteiger partial charge in [-0.05, 0) is 36.4 Å². The van der Waals surface area contributed by atoms with Crippen LogP contribution in [0.4, 0.5) is 5.95 Å². The fraction of sp³-hybridized carbons (Fsp3) is 0.571. The van der Waals surface area contributed by atoms with Gasteiger partial charge in [0.2, 0.25) is 11.2 Å². The Kier molecular flexibility index (Phi) is 4.34. The molecule has 1 aliphatic rings. The topological polar surface area (TPSA) is 68.5 Å². The second-order valence-corrected chi connectivity index (χ2v) is 5.88. The van der Waals surface area contributed by atoms with Crippen LogP contribution in [-0.2, 0) is 0 Å². The van der Waals surface area contributed by atoms with Crippen LogP contribution in [0.3, 0.4) is 0 Å². The maximum absolute atomic E-state index is 6.01. The van der Waals surface area contributed by atoms with Crippen LogP contribution in [0.15, 0.2) is 18.5 Å². The monoisotopic (exact) mass is 306 g/mol. The summed E-state index contributed by atoms with van der Waals surface area (Å²) in [6, 6.07) is 2.20. The van der Waals surface area contributed by atoms with E-state index < -0.39 is 0 Å². The maximum Gasteiger partial charge on any atom is 0.256 e. The highest BCUT2D eigenvalue weighted by Gasteiger charge is 2.21. The summed E-state index contributed by atoms with van der Waals surface area (Å²) in [4.78, 5) is 12.7. The Bertz CT molecular complexity index is 585. The Morgan fingerprint density at radius 1 is 1.19 bits per heavy atom. The summed E-state index contributed by atoms with van der Waals surface area (Å²) in [6.45, 7) is 2.28. The van der Waals surface area contributed by atoms with Gasteiger partial charge in [0.1, 0.15) is 0 Å². The molecule has 2 heterocycles. The molecule has 112 valence electrons. The van der Waals surface area contributed by atoms with Crippen LogP contribution >= 0.6 is 11.6 Å². The van der Waals surface area contributed by atoms with E-state index in [9.17, 15) is 0 Å². The van der Waals surface area contributed by atoms with Crippen LogP contribution < -0.4 is 5.32 Å². The van der Waals surface area contributed by atoms with Crippen molar-refractivity contribution in [1.82, 2.24) is 24.7 Å². The van der Waals surface area contributed by atoms with Gasteiger partial charge in [0.05, 0.1) is 0 Å². The first-order chi connectivity index (χ1) is 10.2. The van der Waals surface area contributed by atoms with Crippen molar-refractivity contribution in [3.63, 3.8) is 0 Å². The van der Waals surface area contributed by atoms with E-state index in [0.717, 1.165) is 6.42 Å². The smallest absolute Gasteiger partial charge is 0.256 e. The third-order valence-electron chi connectivity index (χ3n) is 3.98. The lowest BCUT2D eigenvalue weighted by molar-refractivity contribution is 0.454. The minimum absolute atomic E-state index is 0.180. The molecule has 1 saturated carbocycles. The molecule has 6 nitrogen and oxygen atoms in total. The van der Waals surface area contributed by atoms with Crippen molar-refractivity contribution in [2.75, 3.05) is 5.32 Å². The number of hydrogen-bond donors (Lipinski definition) is 1. The number of nitrogens with zero attached hydrogens (tertiary/aromatic N) is 5. The third-order valence-corrected chi connectivity index (χ3v) is 4.15. The highest BCUT2D eigenvalue weighted by Crippen LogP contribution is 2.25. The predicted molar refractivity (Wildman–Crippen MR) is 81.6 cm³/mol. The Morgan fingerprint density at radius 2 is 2.05 bits per heavy atom. The van der Waals surface area contributed by atoms with Gasteiger partial charge in [-0.2, -0.15) is 20.1 Å². The quantitative estimate of drug-likeness (QED) is 0.883. The fourth-order valence-corrected chi connectivity index (χ4v) is 2.92. The van der Waals surface area contributed by atoms with Crippen molar-refractivity contribution < 1.29 is 0 Å². The first kappa shape index (κ1) is 14.3. The van der Waals surface area contributed by atoms with E-state index in [4.69, 9.17) is 11.6 Å². The van der Waals surface area contributed by atoms with Crippen LogP contribution in [0.1, 0.15) is 39.0 Å². The summed E-state index contributed by atoms with van der Waals surface area (Å²) >= 11 is 6.01. The second-order valence-electron chi connectivity index (χ2n) is 5.54. The number of halogens is 1. The zero-order valence-corrected chi connectivity index (χ0v) is 12.8. The molecule has 0 radical (unpaired) electrons. The van der Waals surface area contributed by atoms with Gasteiger partial charge in [-0.25, -0.2) is 4.68 Å².